The van der Waals surface area contributed by atoms with Crippen molar-refractivity contribution in [2.75, 3.05) is 0 Å². The summed E-state index contributed by atoms with van der Waals surface area (Å²) in [5.74, 6) is 4.12. The van der Waals surface area contributed by atoms with Gasteiger partial charge in [0.05, 0.1) is 11.7 Å². The average molecular weight is 288 g/mol. The predicted molar refractivity (Wildman–Crippen MR) is 87.0 cm³/mol. The normalized spacial score (nSPS) is 55.0. The summed E-state index contributed by atoms with van der Waals surface area (Å²) in [5.41, 5.74) is 2.11. The largest absolute Gasteiger partial charge is 0.371 e. The van der Waals surface area contributed by atoms with E-state index in [1.807, 2.05) is 0 Å². The molecular formula is C20H32O. The monoisotopic (exact) mass is 288 g/mol. The van der Waals surface area contributed by atoms with Crippen molar-refractivity contribution in [1.29, 1.82) is 0 Å². The van der Waals surface area contributed by atoms with Gasteiger partial charge in [0.2, 0.25) is 0 Å². The Morgan fingerprint density at radius 2 is 1.90 bits per heavy atom. The molecule has 0 bridgehead atoms. The lowest BCUT2D eigenvalue weighted by molar-refractivity contribution is -0.0513. The Labute approximate surface area is 130 Å². The van der Waals surface area contributed by atoms with Crippen molar-refractivity contribution < 1.29 is 4.74 Å². The molecule has 118 valence electrons. The molecule has 0 aromatic carbocycles. The lowest BCUT2D eigenvalue weighted by Gasteiger charge is -2.42. The summed E-state index contributed by atoms with van der Waals surface area (Å²) >= 11 is 0. The highest BCUT2D eigenvalue weighted by atomic mass is 16.5. The molecule has 1 aliphatic heterocycles. The first-order valence-electron chi connectivity index (χ1n) is 9.17. The topological polar surface area (TPSA) is 9.23 Å². The first kappa shape index (κ1) is 14.3. The molecule has 0 aromatic rings. The van der Waals surface area contributed by atoms with E-state index in [0.717, 1.165) is 36.0 Å². The number of hydrogen-bond donors (Lipinski definition) is 0. The van der Waals surface area contributed by atoms with Gasteiger partial charge in [-0.2, -0.15) is 0 Å². The Morgan fingerprint density at radius 3 is 2.67 bits per heavy atom. The second-order valence-corrected chi connectivity index (χ2v) is 9.48. The van der Waals surface area contributed by atoms with Crippen LogP contribution in [0, 0.1) is 35.0 Å². The summed E-state index contributed by atoms with van der Waals surface area (Å²) in [4.78, 5) is 0. The van der Waals surface area contributed by atoms with E-state index in [-0.39, 0.29) is 5.60 Å². The molecule has 0 radical (unpaired) electrons. The van der Waals surface area contributed by atoms with Crippen molar-refractivity contribution in [3.63, 3.8) is 0 Å². The molecule has 21 heavy (non-hydrogen) atoms. The highest BCUT2D eigenvalue weighted by molar-refractivity contribution is 5.17. The van der Waals surface area contributed by atoms with Crippen LogP contribution >= 0.6 is 0 Å². The van der Waals surface area contributed by atoms with E-state index >= 15 is 0 Å². The van der Waals surface area contributed by atoms with Crippen LogP contribution in [0.1, 0.15) is 66.2 Å². The van der Waals surface area contributed by atoms with Crippen molar-refractivity contribution in [2.45, 2.75) is 77.9 Å². The van der Waals surface area contributed by atoms with Gasteiger partial charge in [-0.3, -0.25) is 0 Å². The molecule has 1 nitrogen and oxygen atoms in total. The Bertz CT molecular complexity index is 464. The number of rotatable bonds is 0. The van der Waals surface area contributed by atoms with Crippen LogP contribution in [0.5, 0.6) is 0 Å². The van der Waals surface area contributed by atoms with Gasteiger partial charge in [0.15, 0.2) is 0 Å². The third-order valence-corrected chi connectivity index (χ3v) is 7.88. The third-order valence-electron chi connectivity index (χ3n) is 7.88. The van der Waals surface area contributed by atoms with E-state index in [9.17, 15) is 0 Å². The third kappa shape index (κ3) is 1.92. The summed E-state index contributed by atoms with van der Waals surface area (Å²) in [6.07, 6.45) is 8.60. The van der Waals surface area contributed by atoms with Crippen LogP contribution in [0.2, 0.25) is 0 Å². The van der Waals surface area contributed by atoms with E-state index in [0.29, 0.717) is 11.5 Å². The lowest BCUT2D eigenvalue weighted by atomic mass is 9.62. The molecule has 1 heterocycles. The SMILES string of the molecule is C=C1C[C@@H]2OC(C)(C)C3CC[C@](C)(C[C@H]4[C@H](C)CC[C@@H]14)C32. The zero-order chi connectivity index (χ0) is 15.0. The molecule has 7 atom stereocenters. The molecule has 0 N–H and O–H groups in total. The first-order chi connectivity index (χ1) is 9.82. The van der Waals surface area contributed by atoms with Gasteiger partial charge in [-0.05, 0) is 87.4 Å². The number of fused-ring (bicyclic) bond motifs is 1. The first-order valence-corrected chi connectivity index (χ1v) is 9.17. The van der Waals surface area contributed by atoms with Crippen LogP contribution < -0.4 is 0 Å². The molecular weight excluding hydrogens is 256 g/mol. The maximum absolute atomic E-state index is 6.57. The van der Waals surface area contributed by atoms with Gasteiger partial charge in [0, 0.05) is 0 Å². The summed E-state index contributed by atoms with van der Waals surface area (Å²) in [6, 6.07) is 0. The fourth-order valence-electron chi connectivity index (χ4n) is 6.83. The van der Waals surface area contributed by atoms with Gasteiger partial charge in [0.1, 0.15) is 0 Å². The zero-order valence-electron chi connectivity index (χ0n) is 14.3. The highest BCUT2D eigenvalue weighted by Gasteiger charge is 2.61. The Balaban J connectivity index is 1.73. The highest BCUT2D eigenvalue weighted by Crippen LogP contribution is 2.64. The molecule has 4 rings (SSSR count). The van der Waals surface area contributed by atoms with E-state index in [4.69, 9.17) is 4.74 Å². The maximum Gasteiger partial charge on any atom is 0.0662 e. The second-order valence-electron chi connectivity index (χ2n) is 9.48. The molecule has 3 aliphatic carbocycles. The Morgan fingerprint density at radius 1 is 1.14 bits per heavy atom. The summed E-state index contributed by atoms with van der Waals surface area (Å²) in [7, 11) is 0. The van der Waals surface area contributed by atoms with Gasteiger partial charge >= 0.3 is 0 Å². The second kappa shape index (κ2) is 4.37. The van der Waals surface area contributed by atoms with E-state index in [1.54, 1.807) is 0 Å². The van der Waals surface area contributed by atoms with Gasteiger partial charge < -0.3 is 4.74 Å². The maximum atomic E-state index is 6.57. The van der Waals surface area contributed by atoms with Crippen molar-refractivity contribution in [1.82, 2.24) is 0 Å². The fraction of sp³-hybridized carbons (Fsp3) is 0.900. The molecule has 0 spiro atoms. The molecule has 4 aliphatic rings. The van der Waals surface area contributed by atoms with Gasteiger partial charge in [-0.1, -0.05) is 26.0 Å². The quantitative estimate of drug-likeness (QED) is 0.556. The van der Waals surface area contributed by atoms with E-state index in [2.05, 4.69) is 34.3 Å². The van der Waals surface area contributed by atoms with Crippen LogP contribution in [0.3, 0.4) is 0 Å². The van der Waals surface area contributed by atoms with Crippen LogP contribution in [0.15, 0.2) is 12.2 Å². The molecule has 1 heteroatoms. The number of hydrogen-bond acceptors (Lipinski definition) is 1. The molecule has 1 saturated heterocycles. The minimum absolute atomic E-state index is 0.0818. The van der Waals surface area contributed by atoms with Gasteiger partial charge in [-0.25, -0.2) is 0 Å². The zero-order valence-corrected chi connectivity index (χ0v) is 14.3. The average Bonchev–Trinajstić information content (AvgIpc) is 2.97. The van der Waals surface area contributed by atoms with Gasteiger partial charge in [0.25, 0.3) is 0 Å². The summed E-state index contributed by atoms with van der Waals surface area (Å²) < 4.78 is 6.57. The standard InChI is InChI=1S/C20H32O/c1-12-6-7-14-13(2)10-17-18-16(19(3,4)21-17)8-9-20(18,5)11-15(12)14/h12,14-18H,2,6-11H2,1,3-5H3/t12-,14+,15+,16?,17+,18?,20-/m1/s1. The van der Waals surface area contributed by atoms with E-state index in [1.165, 1.54) is 37.7 Å². The Kier molecular flexibility index (Phi) is 2.98. The van der Waals surface area contributed by atoms with Crippen LogP contribution in [-0.2, 0) is 4.74 Å². The Hall–Kier alpha value is -0.300. The molecule has 4 fully saturated rings. The number of ether oxygens (including phenoxy) is 1. The van der Waals surface area contributed by atoms with Crippen LogP contribution in [0.25, 0.3) is 0 Å². The van der Waals surface area contributed by atoms with Crippen LogP contribution in [0.4, 0.5) is 0 Å². The van der Waals surface area contributed by atoms with Crippen molar-refractivity contribution in [2.24, 2.45) is 35.0 Å². The summed E-state index contributed by atoms with van der Waals surface area (Å²) in [6.45, 7) is 14.3. The fourth-order valence-corrected chi connectivity index (χ4v) is 6.83. The summed E-state index contributed by atoms with van der Waals surface area (Å²) in [5, 5.41) is 0. The molecule has 2 unspecified atom stereocenters. The predicted octanol–water partition coefficient (Wildman–Crippen LogP) is 5.21. The smallest absolute Gasteiger partial charge is 0.0662 e. The lowest BCUT2D eigenvalue weighted by Crippen LogP contribution is -2.38. The minimum atomic E-state index is 0.0818. The van der Waals surface area contributed by atoms with Gasteiger partial charge in [-0.15, -0.1) is 0 Å². The van der Waals surface area contributed by atoms with Crippen molar-refractivity contribution in [3.05, 3.63) is 12.2 Å². The molecule has 3 saturated carbocycles. The van der Waals surface area contributed by atoms with E-state index < -0.39 is 0 Å². The van der Waals surface area contributed by atoms with Crippen molar-refractivity contribution >= 4 is 0 Å². The van der Waals surface area contributed by atoms with Crippen molar-refractivity contribution in [3.8, 4) is 0 Å². The minimum Gasteiger partial charge on any atom is -0.371 e. The van der Waals surface area contributed by atoms with Crippen LogP contribution in [-0.4, -0.2) is 11.7 Å². The molecule has 0 aromatic heterocycles. The molecule has 0 amide bonds.